The first-order valence-corrected chi connectivity index (χ1v) is 22.4. The number of hydrogen-bond acceptors (Lipinski definition) is 1. The average Bonchev–Trinajstić information content (AvgIpc) is 3.66. The van der Waals surface area contributed by atoms with Crippen molar-refractivity contribution in [2.45, 2.75) is 40.0 Å². The average molecular weight is 823 g/mol. The summed E-state index contributed by atoms with van der Waals surface area (Å²) in [6, 6.07) is 78.3. The van der Waals surface area contributed by atoms with Gasteiger partial charge >= 0.3 is 0 Å². The zero-order valence-electron chi connectivity index (χ0n) is 37.1. The van der Waals surface area contributed by atoms with E-state index in [1.165, 1.54) is 99.1 Å². The van der Waals surface area contributed by atoms with Crippen LogP contribution in [0, 0.1) is 13.8 Å². The summed E-state index contributed by atoms with van der Waals surface area (Å²) in [7, 11) is 0. The highest BCUT2D eigenvalue weighted by Crippen LogP contribution is 2.45. The van der Waals surface area contributed by atoms with Gasteiger partial charge in [-0.2, -0.15) is 0 Å². The molecule has 0 aliphatic heterocycles. The van der Waals surface area contributed by atoms with Gasteiger partial charge in [0.05, 0.1) is 16.7 Å². The van der Waals surface area contributed by atoms with Gasteiger partial charge < -0.3 is 9.47 Å². The first-order chi connectivity index (χ1) is 31.2. The fraction of sp³-hybridized carbons (Fsp3) is 0.0968. The highest BCUT2D eigenvalue weighted by Gasteiger charge is 2.21. The molecule has 0 amide bonds. The van der Waals surface area contributed by atoms with Crippen LogP contribution in [-0.4, -0.2) is 4.57 Å². The Balaban J connectivity index is 1.01. The lowest BCUT2D eigenvalue weighted by atomic mass is 9.85. The van der Waals surface area contributed by atoms with Crippen LogP contribution >= 0.6 is 0 Å². The van der Waals surface area contributed by atoms with Crippen LogP contribution in [0.4, 0.5) is 17.1 Å². The Kier molecular flexibility index (Phi) is 9.55. The van der Waals surface area contributed by atoms with Gasteiger partial charge in [0.2, 0.25) is 0 Å². The number of aryl methyl sites for hydroxylation is 2. The largest absolute Gasteiger partial charge is 0.310 e. The first kappa shape index (κ1) is 39.2. The maximum atomic E-state index is 2.42. The van der Waals surface area contributed by atoms with E-state index >= 15 is 0 Å². The van der Waals surface area contributed by atoms with Crippen molar-refractivity contribution in [1.29, 1.82) is 0 Å². The summed E-state index contributed by atoms with van der Waals surface area (Å²) in [5.74, 6) is 0. The number of rotatable bonds is 7. The molecular weight excluding hydrogens is 773 g/mol. The minimum Gasteiger partial charge on any atom is -0.310 e. The number of fused-ring (bicyclic) bond motifs is 5. The lowest BCUT2D eigenvalue weighted by molar-refractivity contribution is 0.590. The first-order valence-electron chi connectivity index (χ1n) is 22.4. The molecule has 0 N–H and O–H groups in total. The molecule has 0 aliphatic carbocycles. The van der Waals surface area contributed by atoms with E-state index in [-0.39, 0.29) is 5.41 Å². The molecule has 0 saturated heterocycles. The van der Waals surface area contributed by atoms with Gasteiger partial charge in [0.15, 0.2) is 0 Å². The lowest BCUT2D eigenvalue weighted by Gasteiger charge is -2.28. The molecular formula is C62H50N2. The van der Waals surface area contributed by atoms with Crippen LogP contribution in [0.5, 0.6) is 0 Å². The number of para-hydroxylation sites is 3. The highest BCUT2D eigenvalue weighted by atomic mass is 15.1. The normalized spacial score (nSPS) is 11.8. The summed E-state index contributed by atoms with van der Waals surface area (Å²) in [6.45, 7) is 11.2. The molecule has 11 rings (SSSR count). The Morgan fingerprint density at radius 1 is 0.359 bits per heavy atom. The van der Waals surface area contributed by atoms with Crippen LogP contribution in [0.15, 0.2) is 212 Å². The molecule has 2 heteroatoms. The lowest BCUT2D eigenvalue weighted by Crippen LogP contribution is -2.12. The van der Waals surface area contributed by atoms with E-state index in [1.807, 2.05) is 0 Å². The molecule has 0 fully saturated rings. The minimum absolute atomic E-state index is 0.129. The van der Waals surface area contributed by atoms with Crippen molar-refractivity contribution < 1.29 is 0 Å². The standard InChI is InChI=1S/C62H50N2/c1-41-16-15-17-42(2)61(41)63(48-18-7-6-8-19-48)50-38-39-58-56(40-50)51-20-13-14-25-57(51)64(58)49-36-32-46(33-37-49)60-54-23-11-9-21-52(54)59(53-22-10-12-24-55(53)60)45-28-26-43(27-29-45)44-30-34-47(35-31-44)62(3,4)5/h6-40H,1-5H3. The third-order valence-corrected chi connectivity index (χ3v) is 13.2. The number of aromatic nitrogens is 1. The van der Waals surface area contributed by atoms with Crippen molar-refractivity contribution in [2.24, 2.45) is 0 Å². The maximum Gasteiger partial charge on any atom is 0.0542 e. The van der Waals surface area contributed by atoms with Gasteiger partial charge in [-0.25, -0.2) is 0 Å². The fourth-order valence-corrected chi connectivity index (χ4v) is 10.0. The quantitative estimate of drug-likeness (QED) is 0.145. The predicted molar refractivity (Wildman–Crippen MR) is 275 cm³/mol. The van der Waals surface area contributed by atoms with Crippen LogP contribution in [0.2, 0.25) is 0 Å². The maximum absolute atomic E-state index is 2.42. The number of anilines is 3. The Morgan fingerprint density at radius 3 is 1.36 bits per heavy atom. The van der Waals surface area contributed by atoms with Gasteiger partial charge in [-0.05, 0) is 139 Å². The predicted octanol–water partition coefficient (Wildman–Crippen LogP) is 17.5. The van der Waals surface area contributed by atoms with Crippen molar-refractivity contribution in [2.75, 3.05) is 4.90 Å². The Labute approximate surface area is 376 Å². The molecule has 308 valence electrons. The molecule has 0 bridgehead atoms. The zero-order chi connectivity index (χ0) is 43.5. The van der Waals surface area contributed by atoms with E-state index in [2.05, 4.69) is 256 Å². The van der Waals surface area contributed by atoms with Crippen molar-refractivity contribution in [3.8, 4) is 39.1 Å². The van der Waals surface area contributed by atoms with Gasteiger partial charge in [0.25, 0.3) is 0 Å². The summed E-state index contributed by atoms with van der Waals surface area (Å²) >= 11 is 0. The molecule has 11 aromatic rings. The van der Waals surface area contributed by atoms with Gasteiger partial charge in [-0.3, -0.25) is 0 Å². The molecule has 1 aromatic heterocycles. The summed E-state index contributed by atoms with van der Waals surface area (Å²) in [5, 5.41) is 7.47. The van der Waals surface area contributed by atoms with Crippen molar-refractivity contribution in [3.63, 3.8) is 0 Å². The third-order valence-electron chi connectivity index (χ3n) is 13.2. The molecule has 0 atom stereocenters. The van der Waals surface area contributed by atoms with Crippen LogP contribution in [-0.2, 0) is 5.41 Å². The second-order valence-electron chi connectivity index (χ2n) is 18.3. The fourth-order valence-electron chi connectivity index (χ4n) is 10.0. The van der Waals surface area contributed by atoms with E-state index in [0.29, 0.717) is 0 Å². The SMILES string of the molecule is Cc1cccc(C)c1N(c1ccccc1)c1ccc2c(c1)c1ccccc1n2-c1ccc(-c2c3ccccc3c(-c3ccc(-c4ccc(C(C)(C)C)cc4)cc3)c3ccccc23)cc1. The second-order valence-corrected chi connectivity index (χ2v) is 18.3. The highest BCUT2D eigenvalue weighted by molar-refractivity contribution is 6.21. The van der Waals surface area contributed by atoms with Crippen LogP contribution < -0.4 is 4.90 Å². The molecule has 0 radical (unpaired) electrons. The molecule has 0 saturated carbocycles. The summed E-state index contributed by atoms with van der Waals surface area (Å²) < 4.78 is 2.42. The van der Waals surface area contributed by atoms with E-state index in [9.17, 15) is 0 Å². The summed E-state index contributed by atoms with van der Waals surface area (Å²) in [5.41, 5.74) is 18.4. The molecule has 2 nitrogen and oxygen atoms in total. The van der Waals surface area contributed by atoms with Crippen molar-refractivity contribution in [1.82, 2.24) is 4.57 Å². The van der Waals surface area contributed by atoms with E-state index < -0.39 is 0 Å². The summed E-state index contributed by atoms with van der Waals surface area (Å²) in [4.78, 5) is 2.41. The molecule has 0 unspecified atom stereocenters. The second kappa shape index (κ2) is 15.6. The number of benzene rings is 10. The van der Waals surface area contributed by atoms with E-state index in [1.54, 1.807) is 0 Å². The van der Waals surface area contributed by atoms with Crippen LogP contribution in [0.3, 0.4) is 0 Å². The van der Waals surface area contributed by atoms with Gasteiger partial charge in [-0.1, -0.05) is 185 Å². The topological polar surface area (TPSA) is 8.17 Å². The van der Waals surface area contributed by atoms with Crippen LogP contribution in [0.25, 0.3) is 82.4 Å². The van der Waals surface area contributed by atoms with E-state index in [4.69, 9.17) is 0 Å². The Morgan fingerprint density at radius 2 is 0.812 bits per heavy atom. The minimum atomic E-state index is 0.129. The van der Waals surface area contributed by atoms with Crippen molar-refractivity contribution in [3.05, 3.63) is 229 Å². The zero-order valence-corrected chi connectivity index (χ0v) is 37.1. The molecule has 0 aliphatic rings. The monoisotopic (exact) mass is 822 g/mol. The molecule has 64 heavy (non-hydrogen) atoms. The smallest absolute Gasteiger partial charge is 0.0542 e. The Bertz CT molecular complexity index is 3440. The van der Waals surface area contributed by atoms with Gasteiger partial charge in [0.1, 0.15) is 0 Å². The van der Waals surface area contributed by atoms with Gasteiger partial charge in [-0.15, -0.1) is 0 Å². The molecule has 10 aromatic carbocycles. The van der Waals surface area contributed by atoms with Crippen molar-refractivity contribution >= 4 is 60.4 Å². The Hall–Kier alpha value is -7.68. The van der Waals surface area contributed by atoms with E-state index in [0.717, 1.165) is 17.1 Å². The number of nitrogens with zero attached hydrogens (tertiary/aromatic N) is 2. The number of hydrogen-bond donors (Lipinski definition) is 0. The van der Waals surface area contributed by atoms with Crippen LogP contribution in [0.1, 0.15) is 37.5 Å². The third kappa shape index (κ3) is 6.66. The molecule has 0 spiro atoms. The molecule has 1 heterocycles. The van der Waals surface area contributed by atoms with Gasteiger partial charge in [0, 0.05) is 27.8 Å². The summed E-state index contributed by atoms with van der Waals surface area (Å²) in [6.07, 6.45) is 0.